The van der Waals surface area contributed by atoms with E-state index in [1.54, 1.807) is 0 Å². The molecule has 0 aromatic rings. The number of hydrogen-bond acceptors (Lipinski definition) is 6. The van der Waals surface area contributed by atoms with Gasteiger partial charge in [0.25, 0.3) is 0 Å². The first-order valence-electron chi connectivity index (χ1n) is 29.8. The van der Waals surface area contributed by atoms with E-state index in [4.69, 9.17) is 14.2 Å². The summed E-state index contributed by atoms with van der Waals surface area (Å²) in [5, 5.41) is 0. The Balaban J connectivity index is 4.59. The number of allylic oxidation sites excluding steroid dienone is 28. The summed E-state index contributed by atoms with van der Waals surface area (Å²) in [7, 11) is 0. The summed E-state index contributed by atoms with van der Waals surface area (Å²) in [6.45, 7) is 6.27. The third kappa shape index (κ3) is 59.5. The maximum Gasteiger partial charge on any atom is 0.306 e. The molecule has 0 aliphatic rings. The number of unbranched alkanes of at least 4 members (excludes halogenated alkanes) is 19. The smallest absolute Gasteiger partial charge is 0.306 e. The van der Waals surface area contributed by atoms with Crippen molar-refractivity contribution in [2.24, 2.45) is 0 Å². The molecule has 0 aliphatic heterocycles. The molecule has 0 aromatic carbocycles. The zero-order valence-corrected chi connectivity index (χ0v) is 47.7. The number of carbonyl (C=O) groups excluding carboxylic acids is 3. The highest BCUT2D eigenvalue weighted by Crippen LogP contribution is 2.14. The quantitative estimate of drug-likeness (QED) is 0.0199. The van der Waals surface area contributed by atoms with Gasteiger partial charge in [0.15, 0.2) is 6.10 Å². The molecule has 0 bridgehead atoms. The lowest BCUT2D eigenvalue weighted by Gasteiger charge is -2.18. The third-order valence-electron chi connectivity index (χ3n) is 11.9. The molecule has 0 spiro atoms. The molecular weight excluding hydrogens is 925 g/mol. The van der Waals surface area contributed by atoms with Gasteiger partial charge < -0.3 is 14.2 Å². The summed E-state index contributed by atoms with van der Waals surface area (Å²) in [6.07, 6.45) is 90.5. The van der Waals surface area contributed by atoms with Crippen molar-refractivity contribution in [1.29, 1.82) is 0 Å². The van der Waals surface area contributed by atoms with E-state index in [0.29, 0.717) is 19.3 Å². The Hall–Kier alpha value is -5.23. The molecule has 0 aromatic heterocycles. The summed E-state index contributed by atoms with van der Waals surface area (Å²) >= 11 is 0. The van der Waals surface area contributed by atoms with Gasteiger partial charge in [-0.15, -0.1) is 0 Å². The predicted molar refractivity (Wildman–Crippen MR) is 325 cm³/mol. The molecule has 0 amide bonds. The molecule has 0 radical (unpaired) electrons. The fourth-order valence-electron chi connectivity index (χ4n) is 7.50. The first-order valence-corrected chi connectivity index (χ1v) is 29.8. The second-order valence-electron chi connectivity index (χ2n) is 19.0. The minimum absolute atomic E-state index is 0.117. The lowest BCUT2D eigenvalue weighted by atomic mass is 10.1. The van der Waals surface area contributed by atoms with Gasteiger partial charge in [-0.2, -0.15) is 0 Å². The average Bonchev–Trinajstić information content (AvgIpc) is 3.41. The predicted octanol–water partition coefficient (Wildman–Crippen LogP) is 20.3. The van der Waals surface area contributed by atoms with Crippen LogP contribution in [0, 0.1) is 0 Å². The summed E-state index contributed by atoms with van der Waals surface area (Å²) in [5.74, 6) is -1.01. The SMILES string of the molecule is CC\C=C/C=C\C=C/C=C\C=C\C=C/C=C\CCCCCC(=O)OCC(COC(=O)CCCCCCCCCCCC/C=C\C=C/CCCCC)OC(=O)CCCCC/C=C\C/C=C\C/C=C\C/C=C\C/C=C\CC. The molecule has 0 aliphatic carbocycles. The molecule has 6 heteroatoms. The molecule has 0 N–H and O–H groups in total. The van der Waals surface area contributed by atoms with Gasteiger partial charge >= 0.3 is 17.9 Å². The van der Waals surface area contributed by atoms with Crippen molar-refractivity contribution in [1.82, 2.24) is 0 Å². The van der Waals surface area contributed by atoms with Gasteiger partial charge in [-0.3, -0.25) is 14.4 Å². The Labute approximate surface area is 460 Å². The molecule has 75 heavy (non-hydrogen) atoms. The summed E-state index contributed by atoms with van der Waals surface area (Å²) in [5.41, 5.74) is 0. The van der Waals surface area contributed by atoms with Gasteiger partial charge in [-0.05, 0) is 109 Å². The molecule has 0 saturated carbocycles. The molecule has 1 atom stereocenters. The fraction of sp³-hybridized carbons (Fsp3) is 0.551. The maximum absolute atomic E-state index is 12.9. The van der Waals surface area contributed by atoms with Gasteiger partial charge in [-0.1, -0.05) is 268 Å². The zero-order valence-electron chi connectivity index (χ0n) is 47.7. The van der Waals surface area contributed by atoms with Crippen LogP contribution in [-0.2, 0) is 28.6 Å². The molecule has 6 nitrogen and oxygen atoms in total. The van der Waals surface area contributed by atoms with E-state index in [9.17, 15) is 14.4 Å². The highest BCUT2D eigenvalue weighted by molar-refractivity contribution is 5.71. The van der Waals surface area contributed by atoms with Gasteiger partial charge in [-0.25, -0.2) is 0 Å². The minimum atomic E-state index is -0.827. The van der Waals surface area contributed by atoms with Crippen molar-refractivity contribution in [3.63, 3.8) is 0 Å². The number of esters is 3. The van der Waals surface area contributed by atoms with E-state index < -0.39 is 6.10 Å². The number of ether oxygens (including phenoxy) is 3. The van der Waals surface area contributed by atoms with Crippen molar-refractivity contribution in [3.8, 4) is 0 Å². The van der Waals surface area contributed by atoms with Crippen LogP contribution in [0.4, 0.5) is 0 Å². The number of carbonyl (C=O) groups is 3. The molecule has 1 unspecified atom stereocenters. The summed E-state index contributed by atoms with van der Waals surface area (Å²) in [4.78, 5) is 38.3. The second-order valence-corrected chi connectivity index (χ2v) is 19.0. The third-order valence-corrected chi connectivity index (χ3v) is 11.9. The van der Waals surface area contributed by atoms with E-state index in [-0.39, 0.29) is 44.0 Å². The van der Waals surface area contributed by atoms with Gasteiger partial charge in [0, 0.05) is 19.3 Å². The van der Waals surface area contributed by atoms with Crippen molar-refractivity contribution >= 4 is 17.9 Å². The molecule has 418 valence electrons. The van der Waals surface area contributed by atoms with Crippen molar-refractivity contribution in [2.45, 2.75) is 232 Å². The van der Waals surface area contributed by atoms with Crippen LogP contribution in [-0.4, -0.2) is 37.2 Å². The Morgan fingerprint density at radius 3 is 1.00 bits per heavy atom. The van der Waals surface area contributed by atoms with Crippen LogP contribution < -0.4 is 0 Å². The van der Waals surface area contributed by atoms with E-state index in [1.165, 1.54) is 77.0 Å². The highest BCUT2D eigenvalue weighted by atomic mass is 16.6. The second kappa shape index (κ2) is 61.3. The topological polar surface area (TPSA) is 78.9 Å². The molecule has 0 heterocycles. The Morgan fingerprint density at radius 1 is 0.293 bits per heavy atom. The maximum atomic E-state index is 12.9. The number of hydrogen-bond donors (Lipinski definition) is 0. The van der Waals surface area contributed by atoms with Crippen molar-refractivity contribution < 1.29 is 28.6 Å². The number of rotatable bonds is 51. The normalized spacial score (nSPS) is 13.4. The highest BCUT2D eigenvalue weighted by Gasteiger charge is 2.19. The minimum Gasteiger partial charge on any atom is -0.462 e. The molecule has 0 rings (SSSR count). The van der Waals surface area contributed by atoms with Gasteiger partial charge in [0.2, 0.25) is 0 Å². The van der Waals surface area contributed by atoms with Crippen LogP contribution >= 0.6 is 0 Å². The first kappa shape index (κ1) is 69.8. The molecule has 0 saturated heterocycles. The van der Waals surface area contributed by atoms with E-state index in [2.05, 4.69) is 118 Å². The van der Waals surface area contributed by atoms with E-state index in [1.807, 2.05) is 72.9 Å². The van der Waals surface area contributed by atoms with Crippen molar-refractivity contribution in [2.75, 3.05) is 13.2 Å². The summed E-state index contributed by atoms with van der Waals surface area (Å²) in [6, 6.07) is 0. The van der Waals surface area contributed by atoms with Crippen LogP contribution in [0.3, 0.4) is 0 Å². The molecular formula is C69H106O6. The van der Waals surface area contributed by atoms with Crippen LogP contribution in [0.15, 0.2) is 170 Å². The van der Waals surface area contributed by atoms with Crippen LogP contribution in [0.25, 0.3) is 0 Å². The van der Waals surface area contributed by atoms with E-state index in [0.717, 1.165) is 96.3 Å². The standard InChI is InChI=1S/C69H106O6/c1-4-7-10-13-16-19-22-25-28-31-34-37-40-43-46-49-52-55-58-61-67(70)73-64-66(75-69(72)63-60-57-54-51-48-45-42-39-36-33-30-27-24-21-18-15-12-9-6-3)65-74-68(71)62-59-56-53-50-47-44-41-38-35-32-29-26-23-20-17-14-11-8-5-2/h7,9-10,12-13,16-23,25-28,30-31,34,36-37,39-40,43,45-46,48,66H,4-6,8,11,14-15,24,29,32-33,35,38,41-42,44,47,49-65H2,1-3H3/b10-7-,12-9-,16-13-,20-17-,21-18-,22-19-,26-23-,28-25-,30-27-,34-31+,39-36-,40-37-,46-43-,48-45-. The lowest BCUT2D eigenvalue weighted by Crippen LogP contribution is -2.30. The van der Waals surface area contributed by atoms with Gasteiger partial charge in [0.1, 0.15) is 13.2 Å². The van der Waals surface area contributed by atoms with Crippen LogP contribution in [0.1, 0.15) is 226 Å². The fourth-order valence-corrected chi connectivity index (χ4v) is 7.50. The molecule has 0 fully saturated rings. The van der Waals surface area contributed by atoms with Crippen LogP contribution in [0.2, 0.25) is 0 Å². The Kier molecular flexibility index (Phi) is 57.0. The average molecular weight is 1030 g/mol. The van der Waals surface area contributed by atoms with Crippen molar-refractivity contribution in [3.05, 3.63) is 170 Å². The Bertz CT molecular complexity index is 1750. The zero-order chi connectivity index (χ0) is 54.3. The summed E-state index contributed by atoms with van der Waals surface area (Å²) < 4.78 is 16.8. The Morgan fingerprint density at radius 2 is 0.587 bits per heavy atom. The van der Waals surface area contributed by atoms with Crippen LogP contribution in [0.5, 0.6) is 0 Å². The van der Waals surface area contributed by atoms with E-state index >= 15 is 0 Å². The lowest BCUT2D eigenvalue weighted by molar-refractivity contribution is -0.167. The van der Waals surface area contributed by atoms with Gasteiger partial charge in [0.05, 0.1) is 0 Å². The largest absolute Gasteiger partial charge is 0.462 e. The first-order chi connectivity index (χ1) is 37.0. The monoisotopic (exact) mass is 1030 g/mol.